The van der Waals surface area contributed by atoms with Crippen LogP contribution in [0.25, 0.3) is 0 Å². The van der Waals surface area contributed by atoms with Crippen molar-refractivity contribution < 1.29 is 23.1 Å². The van der Waals surface area contributed by atoms with Crippen LogP contribution >= 0.6 is 0 Å². The summed E-state index contributed by atoms with van der Waals surface area (Å²) in [5.41, 5.74) is 1.08. The summed E-state index contributed by atoms with van der Waals surface area (Å²) in [6.07, 6.45) is 1.63. The number of carbonyl (C=O) groups excluding carboxylic acids is 1. The van der Waals surface area contributed by atoms with E-state index in [4.69, 9.17) is 5.11 Å². The van der Waals surface area contributed by atoms with Crippen LogP contribution in [0.15, 0.2) is 24.3 Å². The van der Waals surface area contributed by atoms with Crippen molar-refractivity contribution in [1.82, 2.24) is 0 Å². The van der Waals surface area contributed by atoms with Gasteiger partial charge in [-0.2, -0.15) is 0 Å². The lowest BCUT2D eigenvalue weighted by atomic mass is 10.2. The number of rotatable bonds is 5. The number of anilines is 2. The number of carboxylic acids is 1. The van der Waals surface area contributed by atoms with Crippen molar-refractivity contribution in [2.75, 3.05) is 22.3 Å². The van der Waals surface area contributed by atoms with E-state index >= 15 is 0 Å². The molecule has 1 atom stereocenters. The summed E-state index contributed by atoms with van der Waals surface area (Å²) < 4.78 is 22.1. The van der Waals surface area contributed by atoms with Gasteiger partial charge in [-0.1, -0.05) is 0 Å². The summed E-state index contributed by atoms with van der Waals surface area (Å²) in [7, 11) is -3.13. The zero-order valence-corrected chi connectivity index (χ0v) is 12.3. The molecule has 114 valence electrons. The van der Waals surface area contributed by atoms with Crippen molar-refractivity contribution in [3.63, 3.8) is 0 Å². The van der Waals surface area contributed by atoms with Gasteiger partial charge in [-0.15, -0.1) is 0 Å². The first-order chi connectivity index (χ1) is 9.78. The second-order valence-corrected chi connectivity index (χ2v) is 7.09. The molecule has 0 bridgehead atoms. The van der Waals surface area contributed by atoms with Crippen molar-refractivity contribution in [1.29, 1.82) is 0 Å². The minimum atomic E-state index is -3.13. The SMILES string of the molecule is CS(=O)(=O)CNc1ccc(N2C(=O)CC[C@H]2C(=O)O)cc1. The number of nitrogens with one attached hydrogen (secondary N) is 1. The molecule has 0 aromatic heterocycles. The third kappa shape index (κ3) is 3.72. The Morgan fingerprint density at radius 3 is 2.52 bits per heavy atom. The molecule has 8 heteroatoms. The van der Waals surface area contributed by atoms with Crippen molar-refractivity contribution >= 4 is 33.1 Å². The van der Waals surface area contributed by atoms with Crippen molar-refractivity contribution in [3.8, 4) is 0 Å². The fourth-order valence-corrected chi connectivity index (χ4v) is 2.62. The van der Waals surface area contributed by atoms with E-state index < -0.39 is 21.8 Å². The van der Waals surface area contributed by atoms with E-state index in [9.17, 15) is 18.0 Å². The van der Waals surface area contributed by atoms with E-state index in [1.807, 2.05) is 0 Å². The first-order valence-electron chi connectivity index (χ1n) is 6.34. The van der Waals surface area contributed by atoms with Crippen LogP contribution in [0, 0.1) is 0 Å². The normalized spacial score (nSPS) is 18.8. The summed E-state index contributed by atoms with van der Waals surface area (Å²) in [6, 6.07) is 5.59. The van der Waals surface area contributed by atoms with Crippen LogP contribution in [0.4, 0.5) is 11.4 Å². The Hall–Kier alpha value is -2.09. The van der Waals surface area contributed by atoms with E-state index in [0.29, 0.717) is 17.8 Å². The number of benzene rings is 1. The van der Waals surface area contributed by atoms with Crippen LogP contribution in [0.5, 0.6) is 0 Å². The summed E-state index contributed by atoms with van der Waals surface area (Å²) in [4.78, 5) is 24.2. The van der Waals surface area contributed by atoms with Crippen molar-refractivity contribution in [2.45, 2.75) is 18.9 Å². The fraction of sp³-hybridized carbons (Fsp3) is 0.385. The number of aliphatic carboxylic acids is 1. The third-order valence-corrected chi connectivity index (χ3v) is 3.85. The molecule has 21 heavy (non-hydrogen) atoms. The Labute approximate surface area is 122 Å². The second kappa shape index (κ2) is 5.72. The number of nitrogens with zero attached hydrogens (tertiary/aromatic N) is 1. The Kier molecular flexibility index (Phi) is 4.17. The Morgan fingerprint density at radius 2 is 2.00 bits per heavy atom. The summed E-state index contributed by atoms with van der Waals surface area (Å²) in [6.45, 7) is 0. The smallest absolute Gasteiger partial charge is 0.326 e. The molecule has 0 aliphatic carbocycles. The first kappa shape index (κ1) is 15.3. The van der Waals surface area contributed by atoms with Gasteiger partial charge in [0.1, 0.15) is 11.9 Å². The van der Waals surface area contributed by atoms with Crippen LogP contribution < -0.4 is 10.2 Å². The lowest BCUT2D eigenvalue weighted by Crippen LogP contribution is -2.38. The van der Waals surface area contributed by atoms with Crippen LogP contribution in [0.1, 0.15) is 12.8 Å². The van der Waals surface area contributed by atoms with Gasteiger partial charge < -0.3 is 10.4 Å². The van der Waals surface area contributed by atoms with Gasteiger partial charge in [-0.25, -0.2) is 13.2 Å². The number of sulfone groups is 1. The van der Waals surface area contributed by atoms with Gasteiger partial charge in [0.15, 0.2) is 9.84 Å². The van der Waals surface area contributed by atoms with Crippen LogP contribution in [-0.4, -0.2) is 43.6 Å². The topological polar surface area (TPSA) is 104 Å². The van der Waals surface area contributed by atoms with E-state index in [2.05, 4.69) is 5.32 Å². The van der Waals surface area contributed by atoms with Gasteiger partial charge in [0.25, 0.3) is 0 Å². The summed E-state index contributed by atoms with van der Waals surface area (Å²) >= 11 is 0. The first-order valence-corrected chi connectivity index (χ1v) is 8.40. The van der Waals surface area contributed by atoms with E-state index in [1.54, 1.807) is 24.3 Å². The highest BCUT2D eigenvalue weighted by molar-refractivity contribution is 7.90. The van der Waals surface area contributed by atoms with E-state index in [1.165, 1.54) is 4.90 Å². The number of amides is 1. The van der Waals surface area contributed by atoms with Gasteiger partial charge in [0, 0.05) is 24.1 Å². The molecular formula is C13H16N2O5S. The molecule has 1 heterocycles. The average molecular weight is 312 g/mol. The van der Waals surface area contributed by atoms with Gasteiger partial charge in [0.05, 0.1) is 0 Å². The molecule has 1 aliphatic heterocycles. The lowest BCUT2D eigenvalue weighted by Gasteiger charge is -2.22. The number of carboxylic acid groups (broad SMARTS) is 1. The third-order valence-electron chi connectivity index (χ3n) is 3.18. The van der Waals surface area contributed by atoms with Crippen LogP contribution in [0.2, 0.25) is 0 Å². The van der Waals surface area contributed by atoms with Gasteiger partial charge >= 0.3 is 5.97 Å². The predicted octanol–water partition coefficient (Wildman–Crippen LogP) is 0.681. The molecular weight excluding hydrogens is 296 g/mol. The van der Waals surface area contributed by atoms with Gasteiger partial charge in [0.2, 0.25) is 5.91 Å². The fourth-order valence-electron chi connectivity index (χ4n) is 2.20. The van der Waals surface area contributed by atoms with Crippen molar-refractivity contribution in [2.24, 2.45) is 0 Å². The van der Waals surface area contributed by atoms with E-state index in [0.717, 1.165) is 6.26 Å². The molecule has 0 radical (unpaired) electrons. The van der Waals surface area contributed by atoms with Gasteiger partial charge in [-0.05, 0) is 30.7 Å². The minimum Gasteiger partial charge on any atom is -0.480 e. The molecule has 1 aromatic rings. The Balaban J connectivity index is 2.14. The predicted molar refractivity (Wildman–Crippen MR) is 77.9 cm³/mol. The number of hydrogen-bond donors (Lipinski definition) is 2. The molecule has 1 fully saturated rings. The Morgan fingerprint density at radius 1 is 1.38 bits per heavy atom. The highest BCUT2D eigenvalue weighted by atomic mass is 32.2. The summed E-state index contributed by atoms with van der Waals surface area (Å²) in [5, 5.41) is 11.9. The molecule has 1 amide bonds. The number of hydrogen-bond acceptors (Lipinski definition) is 5. The maximum atomic E-state index is 11.8. The molecule has 2 N–H and O–H groups in total. The molecule has 0 saturated carbocycles. The number of carbonyl (C=O) groups is 2. The molecule has 2 rings (SSSR count). The zero-order valence-electron chi connectivity index (χ0n) is 11.4. The van der Waals surface area contributed by atoms with Crippen molar-refractivity contribution in [3.05, 3.63) is 24.3 Å². The molecule has 1 saturated heterocycles. The second-order valence-electron chi connectivity index (χ2n) is 4.95. The molecule has 1 aromatic carbocycles. The van der Waals surface area contributed by atoms with E-state index in [-0.39, 0.29) is 18.2 Å². The standard InChI is InChI=1S/C13H16N2O5S/c1-21(19,20)8-14-9-2-4-10(5-3-9)15-11(13(17)18)6-7-12(15)16/h2-5,11,14H,6-8H2,1H3,(H,17,18)/t11-/m0/s1. The van der Waals surface area contributed by atoms with Gasteiger partial charge in [-0.3, -0.25) is 9.69 Å². The minimum absolute atomic E-state index is 0.188. The maximum Gasteiger partial charge on any atom is 0.326 e. The largest absolute Gasteiger partial charge is 0.480 e. The molecule has 7 nitrogen and oxygen atoms in total. The summed E-state index contributed by atoms with van der Waals surface area (Å²) in [5.74, 6) is -1.44. The molecule has 0 spiro atoms. The Bertz CT molecular complexity index is 654. The highest BCUT2D eigenvalue weighted by Crippen LogP contribution is 2.27. The highest BCUT2D eigenvalue weighted by Gasteiger charge is 2.36. The van der Waals surface area contributed by atoms with Crippen LogP contribution in [-0.2, 0) is 19.4 Å². The molecule has 1 aliphatic rings. The monoisotopic (exact) mass is 312 g/mol. The molecule has 0 unspecified atom stereocenters. The maximum absolute atomic E-state index is 11.8. The lowest BCUT2D eigenvalue weighted by molar-refractivity contribution is -0.138. The average Bonchev–Trinajstić information content (AvgIpc) is 2.78. The quantitative estimate of drug-likeness (QED) is 0.828. The zero-order chi connectivity index (χ0) is 15.6. The van der Waals surface area contributed by atoms with Crippen LogP contribution in [0.3, 0.4) is 0 Å².